The van der Waals surface area contributed by atoms with Gasteiger partial charge in [0, 0.05) is 12.5 Å². The van der Waals surface area contributed by atoms with Crippen LogP contribution in [0.2, 0.25) is 0 Å². The summed E-state index contributed by atoms with van der Waals surface area (Å²) in [7, 11) is 5.59. The first-order chi connectivity index (χ1) is 8.54. The molecule has 5 nitrogen and oxygen atoms in total. The largest absolute Gasteiger partial charge is 0.493 e. The van der Waals surface area contributed by atoms with Crippen molar-refractivity contribution in [3.8, 4) is 5.75 Å². The van der Waals surface area contributed by atoms with E-state index in [9.17, 15) is 4.79 Å². The first-order valence-electron chi connectivity index (χ1n) is 6.33. The first kappa shape index (κ1) is 13.1. The number of likely N-dealkylation sites (N-methyl/N-ethyl adjacent to an activating group) is 1. The monoisotopic (exact) mass is 251 g/mol. The molecule has 1 saturated carbocycles. The van der Waals surface area contributed by atoms with Gasteiger partial charge in [0.15, 0.2) is 11.5 Å². The summed E-state index contributed by atoms with van der Waals surface area (Å²) in [5.74, 6) is 1.43. The summed E-state index contributed by atoms with van der Waals surface area (Å²) >= 11 is 0. The number of aromatic nitrogens is 2. The second kappa shape index (κ2) is 5.10. The number of hydrogen-bond acceptors (Lipinski definition) is 4. The van der Waals surface area contributed by atoms with Gasteiger partial charge < -0.3 is 9.64 Å². The predicted molar refractivity (Wildman–Crippen MR) is 68.9 cm³/mol. The van der Waals surface area contributed by atoms with Gasteiger partial charge in [-0.15, -0.1) is 0 Å². The molecule has 1 aliphatic rings. The molecule has 2 atom stereocenters. The van der Waals surface area contributed by atoms with E-state index >= 15 is 0 Å². The molecule has 100 valence electrons. The average Bonchev–Trinajstić information content (AvgIpc) is 2.92. The Morgan fingerprint density at radius 3 is 2.78 bits per heavy atom. The maximum Gasteiger partial charge on any atom is 0.188 e. The Balaban J connectivity index is 2.19. The normalized spacial score (nSPS) is 22.3. The Bertz CT molecular complexity index is 439. The van der Waals surface area contributed by atoms with E-state index in [1.807, 2.05) is 14.1 Å². The fraction of sp³-hybridized carbons (Fsp3) is 0.692. The zero-order valence-electron chi connectivity index (χ0n) is 11.5. The molecule has 0 aliphatic heterocycles. The Morgan fingerprint density at radius 2 is 2.28 bits per heavy atom. The minimum atomic E-state index is 0.161. The minimum absolute atomic E-state index is 0.161. The van der Waals surface area contributed by atoms with Gasteiger partial charge in [0.1, 0.15) is 5.69 Å². The third kappa shape index (κ3) is 2.56. The number of hydrogen-bond donors (Lipinski definition) is 0. The van der Waals surface area contributed by atoms with Gasteiger partial charge >= 0.3 is 0 Å². The van der Waals surface area contributed by atoms with Crippen LogP contribution in [0.1, 0.15) is 23.8 Å². The highest BCUT2D eigenvalue weighted by atomic mass is 16.5. The van der Waals surface area contributed by atoms with E-state index in [0.717, 1.165) is 13.0 Å². The minimum Gasteiger partial charge on any atom is -0.493 e. The van der Waals surface area contributed by atoms with E-state index in [-0.39, 0.29) is 11.7 Å². The number of carbonyl (C=O) groups excluding carboxylic acids is 1. The lowest BCUT2D eigenvalue weighted by Crippen LogP contribution is -2.22. The number of nitrogens with zero attached hydrogens (tertiary/aromatic N) is 3. The Kier molecular flexibility index (Phi) is 3.71. The average molecular weight is 251 g/mol. The van der Waals surface area contributed by atoms with Crippen molar-refractivity contribution >= 4 is 5.78 Å². The number of Topliss-reactive ketones (excluding diaryl/α,β-unsaturated/α-hetero) is 1. The molecule has 1 aromatic rings. The van der Waals surface area contributed by atoms with E-state index in [0.29, 0.717) is 23.9 Å². The predicted octanol–water partition coefficient (Wildman–Crippen LogP) is 1.29. The summed E-state index contributed by atoms with van der Waals surface area (Å²) in [4.78, 5) is 14.4. The zero-order chi connectivity index (χ0) is 13.3. The smallest absolute Gasteiger partial charge is 0.188 e. The van der Waals surface area contributed by atoms with Crippen molar-refractivity contribution < 1.29 is 9.53 Å². The summed E-state index contributed by atoms with van der Waals surface area (Å²) in [5, 5.41) is 4.26. The van der Waals surface area contributed by atoms with E-state index in [1.165, 1.54) is 0 Å². The highest BCUT2D eigenvalue weighted by Gasteiger charge is 2.41. The fourth-order valence-corrected chi connectivity index (χ4v) is 2.09. The van der Waals surface area contributed by atoms with Crippen LogP contribution in [0.3, 0.4) is 0 Å². The van der Waals surface area contributed by atoms with Crippen LogP contribution < -0.4 is 4.74 Å². The van der Waals surface area contributed by atoms with Crippen LogP contribution in [0.25, 0.3) is 0 Å². The molecule has 18 heavy (non-hydrogen) atoms. The molecule has 0 bridgehead atoms. The van der Waals surface area contributed by atoms with E-state index in [1.54, 1.807) is 18.0 Å². The van der Waals surface area contributed by atoms with Gasteiger partial charge in [0.2, 0.25) is 0 Å². The van der Waals surface area contributed by atoms with Crippen molar-refractivity contribution in [1.29, 1.82) is 0 Å². The van der Waals surface area contributed by atoms with Crippen molar-refractivity contribution in [3.63, 3.8) is 0 Å². The van der Waals surface area contributed by atoms with Crippen LogP contribution in [-0.2, 0) is 6.54 Å². The molecule has 1 aromatic heterocycles. The Labute approximate surface area is 108 Å². The number of ketones is 1. The highest BCUT2D eigenvalue weighted by molar-refractivity contribution is 6.00. The molecule has 0 saturated heterocycles. The molecular formula is C13H21N3O2. The molecule has 0 aromatic carbocycles. The molecular weight excluding hydrogens is 230 g/mol. The molecule has 0 N–H and O–H groups in total. The topological polar surface area (TPSA) is 47.4 Å². The number of methoxy groups -OCH3 is 1. The molecule has 5 heteroatoms. The van der Waals surface area contributed by atoms with Gasteiger partial charge in [-0.1, -0.05) is 6.92 Å². The second-order valence-corrected chi connectivity index (χ2v) is 5.27. The maximum absolute atomic E-state index is 12.4. The number of rotatable bonds is 6. The van der Waals surface area contributed by atoms with Crippen LogP contribution in [0, 0.1) is 11.8 Å². The van der Waals surface area contributed by atoms with Crippen LogP contribution in [0.5, 0.6) is 5.75 Å². The van der Waals surface area contributed by atoms with Gasteiger partial charge in [-0.05, 0) is 26.4 Å². The summed E-state index contributed by atoms with van der Waals surface area (Å²) in [6.07, 6.45) is 2.62. The lowest BCUT2D eigenvalue weighted by molar-refractivity contribution is 0.0947. The van der Waals surface area contributed by atoms with Crippen LogP contribution in [0.4, 0.5) is 0 Å². The zero-order valence-corrected chi connectivity index (χ0v) is 11.5. The van der Waals surface area contributed by atoms with Crippen LogP contribution in [-0.4, -0.2) is 48.2 Å². The van der Waals surface area contributed by atoms with Crippen molar-refractivity contribution in [1.82, 2.24) is 14.7 Å². The summed E-state index contributed by atoms with van der Waals surface area (Å²) < 4.78 is 7.02. The molecule has 1 fully saturated rings. The quantitative estimate of drug-likeness (QED) is 0.715. The molecule has 0 spiro atoms. The van der Waals surface area contributed by atoms with Gasteiger partial charge in [-0.3, -0.25) is 9.48 Å². The summed E-state index contributed by atoms with van der Waals surface area (Å²) in [6, 6.07) is 0. The van der Waals surface area contributed by atoms with Crippen molar-refractivity contribution in [3.05, 3.63) is 11.9 Å². The summed E-state index contributed by atoms with van der Waals surface area (Å²) in [6.45, 7) is 3.67. The van der Waals surface area contributed by atoms with Crippen molar-refractivity contribution in [2.75, 3.05) is 27.7 Å². The number of carbonyl (C=O) groups is 1. The molecule has 0 radical (unpaired) electrons. The van der Waals surface area contributed by atoms with E-state index < -0.39 is 0 Å². The molecule has 2 rings (SSSR count). The number of ether oxygens (including phenoxy) is 1. The fourth-order valence-electron chi connectivity index (χ4n) is 2.09. The highest BCUT2D eigenvalue weighted by Crippen LogP contribution is 2.41. The van der Waals surface area contributed by atoms with Crippen LogP contribution in [0.15, 0.2) is 6.20 Å². The van der Waals surface area contributed by atoms with Crippen molar-refractivity contribution in [2.24, 2.45) is 11.8 Å². The standard InChI is InChI=1S/C13H21N3O2/c1-9-7-10(9)13(17)12-11(18-4)8-14-16(12)6-5-15(2)3/h8-10H,5-7H2,1-4H3. The summed E-state index contributed by atoms with van der Waals surface area (Å²) in [5.41, 5.74) is 0.633. The van der Waals surface area contributed by atoms with E-state index in [4.69, 9.17) is 4.74 Å². The first-order valence-corrected chi connectivity index (χ1v) is 6.33. The van der Waals surface area contributed by atoms with Gasteiger partial charge in [0.25, 0.3) is 0 Å². The molecule has 2 unspecified atom stereocenters. The van der Waals surface area contributed by atoms with Crippen LogP contribution >= 0.6 is 0 Å². The molecule has 0 amide bonds. The van der Waals surface area contributed by atoms with Gasteiger partial charge in [-0.25, -0.2) is 0 Å². The Hall–Kier alpha value is -1.36. The maximum atomic E-state index is 12.4. The van der Waals surface area contributed by atoms with E-state index in [2.05, 4.69) is 16.9 Å². The van der Waals surface area contributed by atoms with Gasteiger partial charge in [0.05, 0.1) is 19.9 Å². The lowest BCUT2D eigenvalue weighted by Gasteiger charge is -2.12. The van der Waals surface area contributed by atoms with Crippen molar-refractivity contribution in [2.45, 2.75) is 19.9 Å². The third-order valence-corrected chi connectivity index (χ3v) is 3.46. The third-order valence-electron chi connectivity index (χ3n) is 3.46. The second-order valence-electron chi connectivity index (χ2n) is 5.27. The lowest BCUT2D eigenvalue weighted by atomic mass is 10.1. The molecule has 1 aliphatic carbocycles. The SMILES string of the molecule is COc1cnn(CCN(C)C)c1C(=O)C1CC1C. The Morgan fingerprint density at radius 1 is 1.61 bits per heavy atom. The molecule has 1 heterocycles. The van der Waals surface area contributed by atoms with Gasteiger partial charge in [-0.2, -0.15) is 5.10 Å².